The third-order valence-electron chi connectivity index (χ3n) is 5.56. The highest BCUT2D eigenvalue weighted by Gasteiger charge is 2.23. The average Bonchev–Trinajstić information content (AvgIpc) is 3.37. The number of hydrogen-bond donors (Lipinski definition) is 0. The highest BCUT2D eigenvalue weighted by Crippen LogP contribution is 2.31. The van der Waals surface area contributed by atoms with Gasteiger partial charge in [0.25, 0.3) is 0 Å². The Hall–Kier alpha value is -3.55. The molecule has 1 unspecified atom stereocenters. The molecule has 0 aliphatic heterocycles. The van der Waals surface area contributed by atoms with Gasteiger partial charge in [0.15, 0.2) is 11.6 Å². The summed E-state index contributed by atoms with van der Waals surface area (Å²) in [6.45, 7) is 8.20. The van der Waals surface area contributed by atoms with Crippen molar-refractivity contribution in [2.75, 3.05) is 19.0 Å². The van der Waals surface area contributed by atoms with Crippen molar-refractivity contribution in [3.63, 3.8) is 0 Å². The molecule has 0 spiro atoms. The molecule has 0 fully saturated rings. The van der Waals surface area contributed by atoms with Crippen molar-refractivity contribution in [2.45, 2.75) is 39.8 Å². The lowest BCUT2D eigenvalue weighted by Gasteiger charge is -2.14. The van der Waals surface area contributed by atoms with Crippen LogP contribution in [0.3, 0.4) is 0 Å². The van der Waals surface area contributed by atoms with E-state index in [1.807, 2.05) is 54.8 Å². The highest BCUT2D eigenvalue weighted by atomic mass is 19.1. The molecule has 4 aromatic rings. The van der Waals surface area contributed by atoms with Crippen LogP contribution in [0.2, 0.25) is 0 Å². The van der Waals surface area contributed by atoms with Crippen molar-refractivity contribution in [3.8, 4) is 22.8 Å². The second-order valence-corrected chi connectivity index (χ2v) is 8.42. The van der Waals surface area contributed by atoms with E-state index in [0.717, 1.165) is 16.8 Å². The highest BCUT2D eigenvalue weighted by molar-refractivity contribution is 5.65. The third kappa shape index (κ3) is 4.00. The number of pyridine rings is 1. The molecule has 3 heterocycles. The lowest BCUT2D eigenvalue weighted by molar-refractivity contribution is 0.529. The molecule has 1 atom stereocenters. The van der Waals surface area contributed by atoms with E-state index in [9.17, 15) is 4.39 Å². The largest absolute Gasteiger partial charge is 0.375 e. The van der Waals surface area contributed by atoms with E-state index in [-0.39, 0.29) is 17.9 Å². The van der Waals surface area contributed by atoms with Gasteiger partial charge in [0.2, 0.25) is 0 Å². The Bertz CT molecular complexity index is 1220. The Morgan fingerprint density at radius 1 is 1.00 bits per heavy atom. The first-order chi connectivity index (χ1) is 15.3. The van der Waals surface area contributed by atoms with Crippen molar-refractivity contribution in [1.29, 1.82) is 0 Å². The number of halogens is 1. The molecule has 3 aromatic heterocycles. The lowest BCUT2D eigenvalue weighted by atomic mass is 10.1. The standard InChI is InChI=1S/C24H28FN7/c1-15(2)31-14-20(16(3)28-31)24-27-23(19-7-8-22(30(5)6)21(25)13-19)29-32(24)17(4)18-9-11-26-12-10-18/h7-15,17H,1-6H3. The quantitative estimate of drug-likeness (QED) is 0.432. The molecule has 0 amide bonds. The summed E-state index contributed by atoms with van der Waals surface area (Å²) in [5, 5.41) is 9.46. The van der Waals surface area contributed by atoms with Gasteiger partial charge in [0, 0.05) is 44.3 Å². The van der Waals surface area contributed by atoms with E-state index in [0.29, 0.717) is 22.9 Å². The molecule has 8 heteroatoms. The molecule has 1 aromatic carbocycles. The van der Waals surface area contributed by atoms with Crippen LogP contribution in [0, 0.1) is 12.7 Å². The summed E-state index contributed by atoms with van der Waals surface area (Å²) in [5.41, 5.74) is 3.98. The van der Waals surface area contributed by atoms with Crippen LogP contribution in [-0.2, 0) is 0 Å². The van der Waals surface area contributed by atoms with Crippen molar-refractivity contribution >= 4 is 5.69 Å². The molecule has 0 radical (unpaired) electrons. The SMILES string of the molecule is Cc1nn(C(C)C)cc1-c1nc(-c2ccc(N(C)C)c(F)c2)nn1C(C)c1ccncc1. The lowest BCUT2D eigenvalue weighted by Crippen LogP contribution is -2.11. The van der Waals surface area contributed by atoms with Gasteiger partial charge in [0.1, 0.15) is 5.82 Å². The second kappa shape index (κ2) is 8.53. The summed E-state index contributed by atoms with van der Waals surface area (Å²) < 4.78 is 18.5. The zero-order chi connectivity index (χ0) is 23.0. The van der Waals surface area contributed by atoms with Crippen LogP contribution in [0.25, 0.3) is 22.8 Å². The van der Waals surface area contributed by atoms with Crippen LogP contribution in [0.1, 0.15) is 44.1 Å². The van der Waals surface area contributed by atoms with Crippen LogP contribution in [0.5, 0.6) is 0 Å². The van der Waals surface area contributed by atoms with E-state index >= 15 is 0 Å². The fourth-order valence-electron chi connectivity index (χ4n) is 3.66. The number of rotatable bonds is 6. The Morgan fingerprint density at radius 3 is 2.31 bits per heavy atom. The molecule has 0 N–H and O–H groups in total. The van der Waals surface area contributed by atoms with Crippen LogP contribution in [0.15, 0.2) is 48.9 Å². The Balaban J connectivity index is 1.87. The fraction of sp³-hybridized carbons (Fsp3) is 0.333. The van der Waals surface area contributed by atoms with E-state index in [2.05, 4.69) is 30.9 Å². The molecule has 4 rings (SSSR count). The molecular weight excluding hydrogens is 405 g/mol. The van der Waals surface area contributed by atoms with Crippen molar-refractivity contribution in [1.82, 2.24) is 29.5 Å². The molecular formula is C24H28FN7. The second-order valence-electron chi connectivity index (χ2n) is 8.42. The summed E-state index contributed by atoms with van der Waals surface area (Å²) in [6.07, 6.45) is 5.53. The minimum absolute atomic E-state index is 0.0954. The van der Waals surface area contributed by atoms with Crippen LogP contribution >= 0.6 is 0 Å². The van der Waals surface area contributed by atoms with Crippen molar-refractivity contribution < 1.29 is 4.39 Å². The number of aromatic nitrogens is 6. The summed E-state index contributed by atoms with van der Waals surface area (Å²) in [4.78, 5) is 10.7. The maximum atomic E-state index is 14.7. The van der Waals surface area contributed by atoms with Gasteiger partial charge < -0.3 is 4.90 Å². The zero-order valence-electron chi connectivity index (χ0n) is 19.3. The monoisotopic (exact) mass is 433 g/mol. The summed E-state index contributed by atoms with van der Waals surface area (Å²) in [7, 11) is 3.63. The molecule has 32 heavy (non-hydrogen) atoms. The Morgan fingerprint density at radius 2 is 1.72 bits per heavy atom. The first-order valence-corrected chi connectivity index (χ1v) is 10.7. The number of nitrogens with zero attached hydrogens (tertiary/aromatic N) is 7. The van der Waals surface area contributed by atoms with Crippen LogP contribution in [0.4, 0.5) is 10.1 Å². The average molecular weight is 434 g/mol. The normalized spacial score (nSPS) is 12.4. The minimum Gasteiger partial charge on any atom is -0.375 e. The predicted octanol–water partition coefficient (Wildman–Crippen LogP) is 4.91. The smallest absolute Gasteiger partial charge is 0.181 e. The maximum Gasteiger partial charge on any atom is 0.181 e. The first-order valence-electron chi connectivity index (χ1n) is 10.7. The van der Waals surface area contributed by atoms with E-state index in [1.165, 1.54) is 6.07 Å². The third-order valence-corrected chi connectivity index (χ3v) is 5.56. The van der Waals surface area contributed by atoms with E-state index < -0.39 is 0 Å². The van der Waals surface area contributed by atoms with Gasteiger partial charge in [-0.2, -0.15) is 5.10 Å². The minimum atomic E-state index is -0.309. The summed E-state index contributed by atoms with van der Waals surface area (Å²) >= 11 is 0. The van der Waals surface area contributed by atoms with Gasteiger partial charge in [-0.05, 0) is 63.6 Å². The molecule has 0 aliphatic rings. The van der Waals surface area contributed by atoms with Crippen molar-refractivity contribution in [3.05, 3.63) is 66.0 Å². The van der Waals surface area contributed by atoms with Gasteiger partial charge in [0.05, 0.1) is 23.0 Å². The van der Waals surface area contributed by atoms with Gasteiger partial charge in [-0.25, -0.2) is 14.1 Å². The molecule has 0 saturated carbocycles. The van der Waals surface area contributed by atoms with Gasteiger partial charge in [-0.1, -0.05) is 0 Å². The molecule has 0 aliphatic carbocycles. The first kappa shape index (κ1) is 21.7. The molecule has 166 valence electrons. The van der Waals surface area contributed by atoms with Crippen LogP contribution < -0.4 is 4.90 Å². The van der Waals surface area contributed by atoms with Crippen molar-refractivity contribution in [2.24, 2.45) is 0 Å². The number of benzene rings is 1. The zero-order valence-corrected chi connectivity index (χ0v) is 19.3. The Labute approximate surface area is 187 Å². The fourth-order valence-corrected chi connectivity index (χ4v) is 3.66. The Kier molecular flexibility index (Phi) is 5.78. The number of aryl methyl sites for hydroxylation is 1. The maximum absolute atomic E-state index is 14.7. The molecule has 7 nitrogen and oxygen atoms in total. The number of anilines is 1. The van der Waals surface area contributed by atoms with E-state index in [4.69, 9.17) is 10.1 Å². The number of hydrogen-bond acceptors (Lipinski definition) is 5. The van der Waals surface area contributed by atoms with E-state index in [1.54, 1.807) is 23.4 Å². The summed E-state index contributed by atoms with van der Waals surface area (Å²) in [6, 6.07) is 9.14. The van der Waals surface area contributed by atoms with Gasteiger partial charge in [-0.3, -0.25) is 9.67 Å². The topological polar surface area (TPSA) is 64.7 Å². The predicted molar refractivity (Wildman–Crippen MR) is 124 cm³/mol. The van der Waals surface area contributed by atoms with Gasteiger partial charge >= 0.3 is 0 Å². The van der Waals surface area contributed by atoms with Gasteiger partial charge in [-0.15, -0.1) is 5.10 Å². The summed E-state index contributed by atoms with van der Waals surface area (Å²) in [5.74, 6) is 0.865. The van der Waals surface area contributed by atoms with Crippen LogP contribution in [-0.4, -0.2) is 43.6 Å². The molecule has 0 saturated heterocycles. The molecule has 0 bridgehead atoms.